The first-order chi connectivity index (χ1) is 11.2. The fraction of sp³-hybridized carbons (Fsp3) is 0.235. The van der Waals surface area contributed by atoms with Crippen molar-refractivity contribution >= 4 is 22.5 Å². The third-order valence-electron chi connectivity index (χ3n) is 4.04. The van der Waals surface area contributed by atoms with Gasteiger partial charge in [-0.15, -0.1) is 0 Å². The molecule has 0 saturated carbocycles. The van der Waals surface area contributed by atoms with Gasteiger partial charge in [0.2, 0.25) is 5.76 Å². The van der Waals surface area contributed by atoms with Gasteiger partial charge in [0.25, 0.3) is 6.29 Å². The van der Waals surface area contributed by atoms with Crippen molar-refractivity contribution in [3.63, 3.8) is 0 Å². The molecule has 0 N–H and O–H groups in total. The van der Waals surface area contributed by atoms with Crippen molar-refractivity contribution in [2.24, 2.45) is 0 Å². The summed E-state index contributed by atoms with van der Waals surface area (Å²) in [5.41, 5.74) is 1.15. The van der Waals surface area contributed by atoms with E-state index in [4.69, 9.17) is 23.7 Å². The Bertz CT molecular complexity index is 867. The minimum Gasteiger partial charge on any atom is -0.497 e. The Labute approximate surface area is 132 Å². The third kappa shape index (κ3) is 1.82. The van der Waals surface area contributed by atoms with Crippen LogP contribution in [-0.4, -0.2) is 33.6 Å². The van der Waals surface area contributed by atoms with E-state index in [1.165, 1.54) is 14.2 Å². The first-order valence-corrected chi connectivity index (χ1v) is 7.02. The summed E-state index contributed by atoms with van der Waals surface area (Å²) in [7, 11) is 4.57. The van der Waals surface area contributed by atoms with E-state index in [1.54, 1.807) is 19.2 Å². The molecule has 0 saturated heterocycles. The van der Waals surface area contributed by atoms with Crippen molar-refractivity contribution in [1.82, 2.24) is 0 Å². The zero-order chi connectivity index (χ0) is 16.1. The molecule has 0 bridgehead atoms. The Morgan fingerprint density at radius 2 is 1.91 bits per heavy atom. The van der Waals surface area contributed by atoms with Gasteiger partial charge in [-0.25, -0.2) is 4.79 Å². The number of carbonyl (C=O) groups excluding carboxylic acids is 1. The standard InChI is InChI=1S/C17H14O6/c1-19-9-6-8-4-5-10-13-12(8)11(7-9)22-17(21-3)15(20-2)14(13)23-16(10)18/h4-7,17H,1-3H3/t17-/m0/s1. The normalized spacial score (nSPS) is 18.6. The lowest BCUT2D eigenvalue weighted by atomic mass is 9.98. The summed E-state index contributed by atoms with van der Waals surface area (Å²) >= 11 is 0. The number of rotatable bonds is 3. The van der Waals surface area contributed by atoms with Crippen LogP contribution in [0.25, 0.3) is 16.5 Å². The summed E-state index contributed by atoms with van der Waals surface area (Å²) in [5, 5.41) is 1.65. The SMILES string of the molecule is COC1=C2OC(=O)c3ccc4cc(OC)cc(c4c32)O[C@@H]1OC. The minimum absolute atomic E-state index is 0.322. The van der Waals surface area contributed by atoms with E-state index in [0.717, 1.165) is 10.8 Å². The van der Waals surface area contributed by atoms with E-state index < -0.39 is 12.3 Å². The van der Waals surface area contributed by atoms with E-state index in [1.807, 2.05) is 12.1 Å². The van der Waals surface area contributed by atoms with Crippen LogP contribution < -0.4 is 9.47 Å². The van der Waals surface area contributed by atoms with E-state index in [2.05, 4.69) is 0 Å². The molecule has 0 aliphatic carbocycles. The highest BCUT2D eigenvalue weighted by Gasteiger charge is 2.38. The van der Waals surface area contributed by atoms with Gasteiger partial charge in [-0.1, -0.05) is 6.07 Å². The van der Waals surface area contributed by atoms with Crippen LogP contribution in [0, 0.1) is 0 Å². The zero-order valence-electron chi connectivity index (χ0n) is 12.8. The van der Waals surface area contributed by atoms with Gasteiger partial charge in [-0.3, -0.25) is 0 Å². The molecule has 1 atom stereocenters. The number of hydrogen-bond donors (Lipinski definition) is 0. The first-order valence-electron chi connectivity index (χ1n) is 7.02. The molecule has 4 rings (SSSR count). The van der Waals surface area contributed by atoms with Gasteiger partial charge in [0, 0.05) is 24.1 Å². The number of ether oxygens (including phenoxy) is 5. The molecule has 2 aromatic rings. The summed E-state index contributed by atoms with van der Waals surface area (Å²) in [6, 6.07) is 7.21. The molecule has 0 unspecified atom stereocenters. The van der Waals surface area contributed by atoms with Crippen LogP contribution in [-0.2, 0) is 14.2 Å². The highest BCUT2D eigenvalue weighted by atomic mass is 16.7. The maximum Gasteiger partial charge on any atom is 0.344 e. The molecule has 23 heavy (non-hydrogen) atoms. The number of benzene rings is 2. The smallest absolute Gasteiger partial charge is 0.344 e. The van der Waals surface area contributed by atoms with Gasteiger partial charge in [0.15, 0.2) is 5.76 Å². The Balaban J connectivity index is 2.14. The highest BCUT2D eigenvalue weighted by Crippen LogP contribution is 2.46. The third-order valence-corrected chi connectivity index (χ3v) is 4.04. The zero-order valence-corrected chi connectivity index (χ0v) is 12.8. The van der Waals surface area contributed by atoms with Gasteiger partial charge < -0.3 is 23.7 Å². The largest absolute Gasteiger partial charge is 0.497 e. The van der Waals surface area contributed by atoms with E-state index in [0.29, 0.717) is 34.1 Å². The minimum atomic E-state index is -0.823. The van der Waals surface area contributed by atoms with E-state index >= 15 is 0 Å². The second-order valence-corrected chi connectivity index (χ2v) is 5.18. The topological polar surface area (TPSA) is 63.2 Å². The Morgan fingerprint density at radius 3 is 2.61 bits per heavy atom. The molecule has 0 amide bonds. The monoisotopic (exact) mass is 314 g/mol. The predicted octanol–water partition coefficient (Wildman–Crippen LogP) is 2.70. The molecule has 118 valence electrons. The number of hydrogen-bond acceptors (Lipinski definition) is 6. The Morgan fingerprint density at radius 1 is 1.09 bits per heavy atom. The molecule has 2 aromatic carbocycles. The van der Waals surface area contributed by atoms with Crippen LogP contribution in [0.4, 0.5) is 0 Å². The van der Waals surface area contributed by atoms with Crippen molar-refractivity contribution < 1.29 is 28.5 Å². The van der Waals surface area contributed by atoms with Crippen LogP contribution in [0.2, 0.25) is 0 Å². The van der Waals surface area contributed by atoms with Crippen molar-refractivity contribution in [2.75, 3.05) is 21.3 Å². The van der Waals surface area contributed by atoms with Crippen LogP contribution in [0.1, 0.15) is 15.9 Å². The fourth-order valence-corrected chi connectivity index (χ4v) is 3.01. The summed E-state index contributed by atoms with van der Waals surface area (Å²) in [6.07, 6.45) is -0.823. The summed E-state index contributed by atoms with van der Waals surface area (Å²) in [4.78, 5) is 12.2. The van der Waals surface area contributed by atoms with Gasteiger partial charge >= 0.3 is 5.97 Å². The molecule has 2 aliphatic heterocycles. The molecule has 2 heterocycles. The van der Waals surface area contributed by atoms with E-state index in [9.17, 15) is 4.79 Å². The average Bonchev–Trinajstić information content (AvgIpc) is 2.83. The summed E-state index contributed by atoms with van der Waals surface area (Å²) in [5.74, 6) is 1.45. The molecule has 6 nitrogen and oxygen atoms in total. The quantitative estimate of drug-likeness (QED) is 0.812. The Hall–Kier alpha value is -2.73. The first kappa shape index (κ1) is 13.9. The van der Waals surface area contributed by atoms with Crippen LogP contribution in [0.15, 0.2) is 30.0 Å². The molecule has 0 aromatic heterocycles. The van der Waals surface area contributed by atoms with Crippen LogP contribution >= 0.6 is 0 Å². The molecule has 0 spiro atoms. The van der Waals surface area contributed by atoms with Crippen molar-refractivity contribution in [1.29, 1.82) is 0 Å². The molecular formula is C17H14O6. The lowest BCUT2D eigenvalue weighted by Crippen LogP contribution is -2.23. The fourth-order valence-electron chi connectivity index (χ4n) is 3.01. The molecule has 0 fully saturated rings. The second kappa shape index (κ2) is 4.89. The summed E-state index contributed by atoms with van der Waals surface area (Å²) in [6.45, 7) is 0. The van der Waals surface area contributed by atoms with Gasteiger partial charge in [0.05, 0.1) is 19.8 Å². The molecule has 2 aliphatic rings. The van der Waals surface area contributed by atoms with Crippen LogP contribution in [0.3, 0.4) is 0 Å². The second-order valence-electron chi connectivity index (χ2n) is 5.18. The predicted molar refractivity (Wildman–Crippen MR) is 81.3 cm³/mol. The number of methoxy groups -OCH3 is 3. The average molecular weight is 314 g/mol. The maximum atomic E-state index is 12.2. The molecule has 0 radical (unpaired) electrons. The van der Waals surface area contributed by atoms with Crippen LogP contribution in [0.5, 0.6) is 11.5 Å². The van der Waals surface area contributed by atoms with Gasteiger partial charge in [-0.2, -0.15) is 0 Å². The maximum absolute atomic E-state index is 12.2. The lowest BCUT2D eigenvalue weighted by Gasteiger charge is -2.19. The van der Waals surface area contributed by atoms with Crippen molar-refractivity contribution in [3.05, 3.63) is 41.2 Å². The van der Waals surface area contributed by atoms with Gasteiger partial charge in [-0.05, 0) is 17.5 Å². The number of carbonyl (C=O) groups is 1. The molecule has 6 heteroatoms. The van der Waals surface area contributed by atoms with E-state index in [-0.39, 0.29) is 0 Å². The highest BCUT2D eigenvalue weighted by molar-refractivity contribution is 6.13. The van der Waals surface area contributed by atoms with Crippen molar-refractivity contribution in [3.8, 4) is 11.5 Å². The van der Waals surface area contributed by atoms with Gasteiger partial charge in [0.1, 0.15) is 11.5 Å². The Kier molecular flexibility index (Phi) is 2.96. The summed E-state index contributed by atoms with van der Waals surface area (Å²) < 4.78 is 27.5. The van der Waals surface area contributed by atoms with Crippen molar-refractivity contribution in [2.45, 2.75) is 6.29 Å². The number of esters is 1. The molecular weight excluding hydrogens is 300 g/mol. The lowest BCUT2D eigenvalue weighted by molar-refractivity contribution is -0.0556.